The summed E-state index contributed by atoms with van der Waals surface area (Å²) in [6, 6.07) is 8.12. The number of halogens is 1. The molecular weight excluding hydrogens is 370 g/mol. The Morgan fingerprint density at radius 3 is 2.71 bits per heavy atom. The summed E-state index contributed by atoms with van der Waals surface area (Å²) in [6.45, 7) is 5.21. The van der Waals surface area contributed by atoms with E-state index in [1.807, 2.05) is 17.0 Å². The van der Waals surface area contributed by atoms with E-state index in [0.29, 0.717) is 6.42 Å². The number of anilines is 1. The van der Waals surface area contributed by atoms with Gasteiger partial charge in [0.2, 0.25) is 5.91 Å². The molecule has 0 atom stereocenters. The lowest BCUT2D eigenvalue weighted by atomic mass is 10.1. The van der Waals surface area contributed by atoms with Crippen LogP contribution >= 0.6 is 15.9 Å². The van der Waals surface area contributed by atoms with Gasteiger partial charge in [0.25, 0.3) is 0 Å². The van der Waals surface area contributed by atoms with Crippen LogP contribution < -0.4 is 9.64 Å². The predicted molar refractivity (Wildman–Crippen MR) is 100 cm³/mol. The highest BCUT2D eigenvalue weighted by molar-refractivity contribution is 9.09. The number of benzene rings is 1. The molecule has 1 aliphatic heterocycles. The maximum atomic E-state index is 12.0. The monoisotopic (exact) mass is 391 g/mol. The lowest BCUT2D eigenvalue weighted by molar-refractivity contribution is -0.131. The van der Waals surface area contributed by atoms with Gasteiger partial charge in [0.15, 0.2) is 0 Å². The number of pyridine rings is 1. The van der Waals surface area contributed by atoms with Crippen LogP contribution in [0.2, 0.25) is 0 Å². The van der Waals surface area contributed by atoms with Crippen molar-refractivity contribution in [1.82, 2.24) is 9.88 Å². The van der Waals surface area contributed by atoms with Gasteiger partial charge in [-0.2, -0.15) is 0 Å². The van der Waals surface area contributed by atoms with Gasteiger partial charge in [-0.25, -0.2) is 4.98 Å². The molecule has 0 N–H and O–H groups in total. The predicted octanol–water partition coefficient (Wildman–Crippen LogP) is 2.99. The third kappa shape index (κ3) is 3.34. The van der Waals surface area contributed by atoms with Crippen LogP contribution in [0, 0.1) is 6.92 Å². The molecule has 24 heavy (non-hydrogen) atoms. The smallest absolute Gasteiger partial charge is 0.223 e. The van der Waals surface area contributed by atoms with E-state index in [1.54, 1.807) is 7.11 Å². The van der Waals surface area contributed by atoms with Crippen LogP contribution in [0.1, 0.15) is 12.0 Å². The van der Waals surface area contributed by atoms with E-state index in [2.05, 4.69) is 39.9 Å². The molecule has 0 bridgehead atoms. The van der Waals surface area contributed by atoms with Crippen LogP contribution in [-0.4, -0.2) is 54.4 Å². The molecule has 1 aromatic carbocycles. The number of hydrogen-bond donors (Lipinski definition) is 0. The van der Waals surface area contributed by atoms with E-state index in [4.69, 9.17) is 9.72 Å². The molecule has 2 aromatic rings. The number of para-hydroxylation sites is 1. The van der Waals surface area contributed by atoms with E-state index in [0.717, 1.165) is 54.0 Å². The SMILES string of the molecule is COc1cccc2c(C)cc(N3CCN(C(=O)CCBr)CC3)nc12. The molecule has 0 unspecified atom stereocenters. The number of piperazine rings is 1. The number of fused-ring (bicyclic) bond motifs is 1. The average molecular weight is 392 g/mol. The number of hydrogen-bond acceptors (Lipinski definition) is 4. The summed E-state index contributed by atoms with van der Waals surface area (Å²) in [5.74, 6) is 1.97. The third-order valence-corrected chi connectivity index (χ3v) is 4.88. The number of aromatic nitrogens is 1. The van der Waals surface area contributed by atoms with E-state index in [9.17, 15) is 4.79 Å². The number of amides is 1. The highest BCUT2D eigenvalue weighted by atomic mass is 79.9. The Labute approximate surface area is 150 Å². The standard InChI is InChI=1S/C18H22BrN3O2/c1-13-12-16(20-18-14(13)4-3-5-15(18)24-2)21-8-10-22(11-9-21)17(23)6-7-19/h3-5,12H,6-11H2,1-2H3. The second-order valence-electron chi connectivity index (χ2n) is 5.96. The minimum Gasteiger partial charge on any atom is -0.494 e. The number of carbonyl (C=O) groups is 1. The fourth-order valence-corrected chi connectivity index (χ4v) is 3.46. The molecule has 1 saturated heterocycles. The highest BCUT2D eigenvalue weighted by Crippen LogP contribution is 2.29. The molecule has 6 heteroatoms. The fraction of sp³-hybridized carbons (Fsp3) is 0.444. The van der Waals surface area contributed by atoms with Crippen LogP contribution in [0.3, 0.4) is 0 Å². The molecule has 0 spiro atoms. The zero-order chi connectivity index (χ0) is 17.1. The Morgan fingerprint density at radius 1 is 1.29 bits per heavy atom. The average Bonchev–Trinajstić information content (AvgIpc) is 2.61. The van der Waals surface area contributed by atoms with E-state index in [-0.39, 0.29) is 5.91 Å². The van der Waals surface area contributed by atoms with Crippen LogP contribution in [0.5, 0.6) is 5.75 Å². The molecule has 0 saturated carbocycles. The Morgan fingerprint density at radius 2 is 2.04 bits per heavy atom. The maximum absolute atomic E-state index is 12.0. The van der Waals surface area contributed by atoms with Gasteiger partial charge in [0, 0.05) is 43.3 Å². The molecule has 1 aliphatic rings. The van der Waals surface area contributed by atoms with Crippen molar-refractivity contribution in [3.8, 4) is 5.75 Å². The minimum absolute atomic E-state index is 0.218. The number of carbonyl (C=O) groups excluding carboxylic acids is 1. The summed E-state index contributed by atoms with van der Waals surface area (Å²) in [7, 11) is 1.67. The van der Waals surface area contributed by atoms with Crippen LogP contribution in [0.25, 0.3) is 10.9 Å². The van der Waals surface area contributed by atoms with Crippen molar-refractivity contribution in [3.05, 3.63) is 29.8 Å². The molecule has 0 radical (unpaired) electrons. The molecule has 3 rings (SSSR count). The second-order valence-corrected chi connectivity index (χ2v) is 6.75. The quantitative estimate of drug-likeness (QED) is 0.751. The van der Waals surface area contributed by atoms with Crippen molar-refractivity contribution in [2.75, 3.05) is 43.5 Å². The van der Waals surface area contributed by atoms with Crippen molar-refractivity contribution in [2.45, 2.75) is 13.3 Å². The molecule has 0 aliphatic carbocycles. The van der Waals surface area contributed by atoms with Gasteiger partial charge < -0.3 is 14.5 Å². The van der Waals surface area contributed by atoms with E-state index < -0.39 is 0 Å². The van der Waals surface area contributed by atoms with Gasteiger partial charge in [-0.05, 0) is 24.6 Å². The summed E-state index contributed by atoms with van der Waals surface area (Å²) >= 11 is 3.33. The number of aryl methyl sites for hydroxylation is 1. The van der Waals surface area contributed by atoms with Gasteiger partial charge in [-0.15, -0.1) is 0 Å². The first kappa shape index (κ1) is 17.0. The summed E-state index contributed by atoms with van der Waals surface area (Å²) in [5.41, 5.74) is 2.08. The molecular formula is C18H22BrN3O2. The lowest BCUT2D eigenvalue weighted by Crippen LogP contribution is -2.49. The largest absolute Gasteiger partial charge is 0.494 e. The van der Waals surface area contributed by atoms with Crippen molar-refractivity contribution in [1.29, 1.82) is 0 Å². The van der Waals surface area contributed by atoms with Crippen molar-refractivity contribution in [2.24, 2.45) is 0 Å². The normalized spacial score (nSPS) is 15.0. The molecule has 2 heterocycles. The summed E-state index contributed by atoms with van der Waals surface area (Å²) in [4.78, 5) is 21.0. The Bertz CT molecular complexity index is 742. The van der Waals surface area contributed by atoms with Crippen molar-refractivity contribution in [3.63, 3.8) is 0 Å². The van der Waals surface area contributed by atoms with Gasteiger partial charge in [0.05, 0.1) is 7.11 Å². The highest BCUT2D eigenvalue weighted by Gasteiger charge is 2.22. The fourth-order valence-electron chi connectivity index (χ4n) is 3.12. The lowest BCUT2D eigenvalue weighted by Gasteiger charge is -2.35. The number of alkyl halides is 1. The van der Waals surface area contributed by atoms with E-state index >= 15 is 0 Å². The zero-order valence-electron chi connectivity index (χ0n) is 14.1. The third-order valence-electron chi connectivity index (χ3n) is 4.48. The Kier molecular flexibility index (Phi) is 5.23. The van der Waals surface area contributed by atoms with Gasteiger partial charge in [-0.1, -0.05) is 28.1 Å². The molecule has 1 aromatic heterocycles. The first-order chi connectivity index (χ1) is 11.6. The van der Waals surface area contributed by atoms with Crippen molar-refractivity contribution >= 4 is 38.6 Å². The molecule has 128 valence electrons. The molecule has 5 nitrogen and oxygen atoms in total. The summed E-state index contributed by atoms with van der Waals surface area (Å²) in [5, 5.41) is 1.83. The number of nitrogens with zero attached hydrogens (tertiary/aromatic N) is 3. The van der Waals surface area contributed by atoms with Gasteiger partial charge in [-0.3, -0.25) is 4.79 Å². The number of ether oxygens (including phenoxy) is 1. The van der Waals surface area contributed by atoms with Crippen molar-refractivity contribution < 1.29 is 9.53 Å². The first-order valence-electron chi connectivity index (χ1n) is 8.17. The van der Waals surface area contributed by atoms with Gasteiger partial charge in [0.1, 0.15) is 17.1 Å². The first-order valence-corrected chi connectivity index (χ1v) is 9.29. The summed E-state index contributed by atoms with van der Waals surface area (Å²) < 4.78 is 5.46. The summed E-state index contributed by atoms with van der Waals surface area (Å²) in [6.07, 6.45) is 0.560. The van der Waals surface area contributed by atoms with Crippen LogP contribution in [0.15, 0.2) is 24.3 Å². The molecule has 1 amide bonds. The van der Waals surface area contributed by atoms with Gasteiger partial charge >= 0.3 is 0 Å². The number of rotatable bonds is 4. The Hall–Kier alpha value is -1.82. The minimum atomic E-state index is 0.218. The van der Waals surface area contributed by atoms with Crippen LogP contribution in [-0.2, 0) is 4.79 Å². The van der Waals surface area contributed by atoms with E-state index in [1.165, 1.54) is 5.56 Å². The van der Waals surface area contributed by atoms with Crippen LogP contribution in [0.4, 0.5) is 5.82 Å². The topological polar surface area (TPSA) is 45.7 Å². The zero-order valence-corrected chi connectivity index (χ0v) is 15.7. The maximum Gasteiger partial charge on any atom is 0.223 e. The number of methoxy groups -OCH3 is 1. The Balaban J connectivity index is 1.82. The second kappa shape index (κ2) is 7.38. The molecule has 1 fully saturated rings.